The van der Waals surface area contributed by atoms with Crippen molar-refractivity contribution in [1.82, 2.24) is 4.72 Å². The van der Waals surface area contributed by atoms with Gasteiger partial charge in [-0.15, -0.1) is 0 Å². The fraction of sp³-hybridized carbons (Fsp3) is 0.571. The van der Waals surface area contributed by atoms with E-state index in [2.05, 4.69) is 25.5 Å². The van der Waals surface area contributed by atoms with Gasteiger partial charge in [0.15, 0.2) is 0 Å². The van der Waals surface area contributed by atoms with Gasteiger partial charge in [0.2, 0.25) is 10.0 Å². The monoisotopic (exact) mass is 285 g/mol. The summed E-state index contributed by atoms with van der Waals surface area (Å²) in [4.78, 5) is 0.333. The van der Waals surface area contributed by atoms with Crippen molar-refractivity contribution in [3.8, 4) is 0 Å². The summed E-state index contributed by atoms with van der Waals surface area (Å²) in [7, 11) is -3.41. The van der Waals surface area contributed by atoms with Crippen molar-refractivity contribution in [1.29, 1.82) is 0 Å². The highest BCUT2D eigenvalue weighted by atomic mass is 32.2. The molecule has 0 aliphatic carbocycles. The quantitative estimate of drug-likeness (QED) is 0.616. The molecule has 1 N–H and O–H groups in total. The van der Waals surface area contributed by atoms with Crippen LogP contribution in [0, 0.1) is 6.92 Å². The highest BCUT2D eigenvalue weighted by Gasteiger charge is 2.24. The molecule has 19 heavy (non-hydrogen) atoms. The first kappa shape index (κ1) is 16.1. The molecule has 0 aliphatic heterocycles. The van der Waals surface area contributed by atoms with Gasteiger partial charge in [-0.3, -0.25) is 0 Å². The number of nitrogens with zero attached hydrogens (tertiary/aromatic N) is 1. The zero-order chi connectivity index (χ0) is 14.5. The van der Waals surface area contributed by atoms with Crippen molar-refractivity contribution in [3.63, 3.8) is 0 Å². The third-order valence-electron chi connectivity index (χ3n) is 3.93. The first-order valence-electron chi connectivity index (χ1n) is 6.80. The molecule has 1 aromatic carbocycles. The van der Waals surface area contributed by atoms with Gasteiger partial charge in [0.25, 0.3) is 0 Å². The summed E-state index contributed by atoms with van der Waals surface area (Å²) < 4.78 is 27.9. The Kier molecular flexibility index (Phi) is 5.52. The number of aryl methyl sites for hydroxylation is 1. The molecular formula is C14H25N2O2S+. The maximum atomic E-state index is 12.2. The van der Waals surface area contributed by atoms with Crippen LogP contribution in [0.2, 0.25) is 0 Å². The van der Waals surface area contributed by atoms with Crippen molar-refractivity contribution >= 4 is 10.0 Å². The van der Waals surface area contributed by atoms with E-state index >= 15 is 0 Å². The van der Waals surface area contributed by atoms with E-state index in [0.29, 0.717) is 11.6 Å². The first-order chi connectivity index (χ1) is 8.89. The van der Waals surface area contributed by atoms with Crippen molar-refractivity contribution in [3.05, 3.63) is 29.8 Å². The molecule has 1 aromatic rings. The van der Waals surface area contributed by atoms with Crippen LogP contribution in [-0.2, 0) is 10.0 Å². The molecule has 0 bridgehead atoms. The minimum absolute atomic E-state index is 0.333. The summed E-state index contributed by atoms with van der Waals surface area (Å²) in [6.07, 6.45) is 0. The van der Waals surface area contributed by atoms with Gasteiger partial charge in [0.05, 0.1) is 24.5 Å². The number of benzene rings is 1. The molecule has 5 heteroatoms. The normalized spacial score (nSPS) is 12.6. The van der Waals surface area contributed by atoms with Gasteiger partial charge >= 0.3 is 0 Å². The van der Waals surface area contributed by atoms with E-state index in [1.165, 1.54) is 0 Å². The second-order valence-electron chi connectivity index (χ2n) is 4.91. The molecule has 0 heterocycles. The van der Waals surface area contributed by atoms with Gasteiger partial charge in [-0.25, -0.2) is 8.42 Å². The van der Waals surface area contributed by atoms with Crippen LogP contribution in [-0.4, -0.2) is 39.2 Å². The number of quaternary nitrogens is 1. The number of hydrogen-bond donors (Lipinski definition) is 1. The van der Waals surface area contributed by atoms with Gasteiger partial charge in [-0.05, 0) is 39.8 Å². The summed E-state index contributed by atoms with van der Waals surface area (Å²) in [6.45, 7) is 11.4. The minimum Gasteiger partial charge on any atom is -0.311 e. The number of nitrogens with one attached hydrogen (secondary N) is 1. The van der Waals surface area contributed by atoms with Gasteiger partial charge in [0.1, 0.15) is 6.67 Å². The maximum Gasteiger partial charge on any atom is 0.244 e. The fourth-order valence-electron chi connectivity index (χ4n) is 2.03. The van der Waals surface area contributed by atoms with E-state index in [9.17, 15) is 8.42 Å². The molecule has 0 radical (unpaired) electrons. The summed E-state index contributed by atoms with van der Waals surface area (Å²) in [5.74, 6) is 0. The molecule has 0 amide bonds. The Morgan fingerprint density at radius 1 is 1.00 bits per heavy atom. The molecule has 108 valence electrons. The average Bonchev–Trinajstić information content (AvgIpc) is 2.41. The molecule has 0 saturated heterocycles. The van der Waals surface area contributed by atoms with Crippen LogP contribution in [0.1, 0.15) is 26.3 Å². The Balaban J connectivity index is 2.83. The van der Waals surface area contributed by atoms with Gasteiger partial charge in [0, 0.05) is 0 Å². The summed E-state index contributed by atoms with van der Waals surface area (Å²) in [5, 5.41) is 0. The van der Waals surface area contributed by atoms with E-state index < -0.39 is 10.0 Å². The highest BCUT2D eigenvalue weighted by molar-refractivity contribution is 7.89. The standard InChI is InChI=1S/C14H25N2O2S/c1-5-16(6-2,7-3)12-15-19(17,18)14-10-8-13(4)9-11-14/h8-11,15H,5-7,12H2,1-4H3/q+1. The topological polar surface area (TPSA) is 46.2 Å². The predicted molar refractivity (Wildman–Crippen MR) is 78.3 cm³/mol. The van der Waals surface area contributed by atoms with E-state index in [4.69, 9.17) is 0 Å². The highest BCUT2D eigenvalue weighted by Crippen LogP contribution is 2.11. The number of sulfonamides is 1. The summed E-state index contributed by atoms with van der Waals surface area (Å²) in [5.41, 5.74) is 1.06. The van der Waals surface area contributed by atoms with E-state index in [0.717, 1.165) is 29.7 Å². The van der Waals surface area contributed by atoms with E-state index in [1.54, 1.807) is 12.1 Å². The third-order valence-corrected chi connectivity index (χ3v) is 5.34. The number of hydrogen-bond acceptors (Lipinski definition) is 2. The second-order valence-corrected chi connectivity index (χ2v) is 6.68. The minimum atomic E-state index is -3.41. The van der Waals surface area contributed by atoms with Crippen molar-refractivity contribution in [2.24, 2.45) is 0 Å². The Morgan fingerprint density at radius 2 is 1.47 bits per heavy atom. The molecule has 0 aliphatic rings. The summed E-state index contributed by atoms with van der Waals surface area (Å²) in [6, 6.07) is 6.93. The lowest BCUT2D eigenvalue weighted by atomic mass is 10.2. The molecule has 0 unspecified atom stereocenters. The SMILES string of the molecule is CC[N+](CC)(CC)CNS(=O)(=O)c1ccc(C)cc1. The van der Waals surface area contributed by atoms with E-state index in [-0.39, 0.29) is 0 Å². The zero-order valence-electron chi connectivity index (χ0n) is 12.3. The van der Waals surface area contributed by atoms with Crippen LogP contribution in [0.25, 0.3) is 0 Å². The largest absolute Gasteiger partial charge is 0.311 e. The van der Waals surface area contributed by atoms with Crippen LogP contribution in [0.3, 0.4) is 0 Å². The third kappa shape index (κ3) is 4.03. The van der Waals surface area contributed by atoms with Crippen LogP contribution >= 0.6 is 0 Å². The lowest BCUT2D eigenvalue weighted by molar-refractivity contribution is -0.924. The fourth-order valence-corrected chi connectivity index (χ4v) is 3.13. The average molecular weight is 285 g/mol. The molecule has 0 aromatic heterocycles. The molecule has 0 fully saturated rings. The van der Waals surface area contributed by atoms with Gasteiger partial charge < -0.3 is 4.48 Å². The predicted octanol–water partition coefficient (Wildman–Crippen LogP) is 2.11. The van der Waals surface area contributed by atoms with Crippen molar-refractivity contribution < 1.29 is 12.9 Å². The molecule has 0 spiro atoms. The van der Waals surface area contributed by atoms with Crippen LogP contribution in [0.4, 0.5) is 0 Å². The molecule has 4 nitrogen and oxygen atoms in total. The zero-order valence-corrected chi connectivity index (χ0v) is 13.1. The first-order valence-corrected chi connectivity index (χ1v) is 8.29. The molecule has 1 rings (SSSR count). The van der Waals surface area contributed by atoms with Crippen molar-refractivity contribution in [2.45, 2.75) is 32.6 Å². The molecule has 0 saturated carbocycles. The maximum absolute atomic E-state index is 12.2. The van der Waals surface area contributed by atoms with Crippen molar-refractivity contribution in [2.75, 3.05) is 26.3 Å². The second kappa shape index (κ2) is 6.50. The Hall–Kier alpha value is -0.910. The Morgan fingerprint density at radius 3 is 1.89 bits per heavy atom. The summed E-state index contributed by atoms with van der Waals surface area (Å²) >= 11 is 0. The smallest absolute Gasteiger partial charge is 0.244 e. The number of rotatable bonds is 7. The van der Waals surface area contributed by atoms with Gasteiger partial charge in [-0.1, -0.05) is 17.7 Å². The van der Waals surface area contributed by atoms with Crippen LogP contribution in [0.15, 0.2) is 29.2 Å². The molecule has 0 atom stereocenters. The van der Waals surface area contributed by atoms with Gasteiger partial charge in [-0.2, -0.15) is 4.72 Å². The van der Waals surface area contributed by atoms with Crippen LogP contribution in [0.5, 0.6) is 0 Å². The Labute approximate surface area is 117 Å². The molecular weight excluding hydrogens is 260 g/mol. The lowest BCUT2D eigenvalue weighted by Gasteiger charge is -2.35. The van der Waals surface area contributed by atoms with Crippen LogP contribution < -0.4 is 4.72 Å². The van der Waals surface area contributed by atoms with E-state index in [1.807, 2.05) is 19.1 Å². The Bertz CT molecular complexity index is 482. The lowest BCUT2D eigenvalue weighted by Crippen LogP contribution is -2.53.